The highest BCUT2D eigenvalue weighted by molar-refractivity contribution is 7.09. The molecule has 1 N–H and O–H groups in total. The van der Waals surface area contributed by atoms with Crippen LogP contribution in [0.1, 0.15) is 49.4 Å². The van der Waals surface area contributed by atoms with Crippen LogP contribution in [-0.2, 0) is 13.0 Å². The highest BCUT2D eigenvalue weighted by Crippen LogP contribution is 2.22. The molecule has 0 unspecified atom stereocenters. The molecule has 2 aromatic rings. The third-order valence-electron chi connectivity index (χ3n) is 3.95. The summed E-state index contributed by atoms with van der Waals surface area (Å²) in [4.78, 5) is 6.70. The zero-order chi connectivity index (χ0) is 16.2. The monoisotopic (exact) mass is 318 g/mol. The minimum absolute atomic E-state index is 0.329. The van der Waals surface area contributed by atoms with Crippen LogP contribution in [0.15, 0.2) is 35.8 Å². The van der Waals surface area contributed by atoms with Gasteiger partial charge in [-0.1, -0.05) is 24.3 Å². The van der Waals surface area contributed by atoms with Crippen LogP contribution in [-0.4, -0.2) is 27.6 Å². The Morgan fingerprint density at radius 1 is 1.23 bits per heavy atom. The predicted octanol–water partition coefficient (Wildman–Crippen LogP) is 4.04. The number of thiazole rings is 1. The second-order valence-electron chi connectivity index (χ2n) is 6.59. The van der Waals surface area contributed by atoms with Gasteiger partial charge in [0.15, 0.2) is 0 Å². The molecule has 0 bridgehead atoms. The Morgan fingerprint density at radius 3 is 2.41 bits per heavy atom. The van der Waals surface area contributed by atoms with Gasteiger partial charge in [0.05, 0.1) is 11.6 Å². The van der Waals surface area contributed by atoms with Crippen LogP contribution >= 0.6 is 11.3 Å². The number of hydrogen-bond donors (Lipinski definition) is 1. The van der Waals surface area contributed by atoms with Crippen LogP contribution in [0.2, 0.25) is 0 Å². The molecule has 0 saturated carbocycles. The number of aryl methyl sites for hydroxylation is 1. The fourth-order valence-electron chi connectivity index (χ4n) is 2.32. The van der Waals surface area contributed by atoms with Crippen LogP contribution in [0.4, 0.5) is 0 Å². The average molecular weight is 318 g/mol. The van der Waals surface area contributed by atoms with Crippen LogP contribution in [0.3, 0.4) is 0 Å². The first-order valence-electron chi connectivity index (χ1n) is 7.75. The number of benzene rings is 1. The van der Waals surface area contributed by atoms with E-state index in [2.05, 4.69) is 48.1 Å². The van der Waals surface area contributed by atoms with E-state index in [9.17, 15) is 5.11 Å². The number of aromatic nitrogens is 1. The second kappa shape index (κ2) is 7.36. The molecule has 0 fully saturated rings. The fourth-order valence-corrected chi connectivity index (χ4v) is 3.08. The number of rotatable bonds is 7. The van der Waals surface area contributed by atoms with Crippen molar-refractivity contribution in [3.63, 3.8) is 0 Å². The average Bonchev–Trinajstić information content (AvgIpc) is 2.99. The molecule has 0 radical (unpaired) electrons. The molecule has 0 amide bonds. The van der Waals surface area contributed by atoms with Gasteiger partial charge in [-0.3, -0.25) is 4.90 Å². The molecule has 0 aliphatic heterocycles. The van der Waals surface area contributed by atoms with Crippen molar-refractivity contribution in [2.45, 2.75) is 51.8 Å². The zero-order valence-electron chi connectivity index (χ0n) is 13.9. The van der Waals surface area contributed by atoms with Gasteiger partial charge in [0, 0.05) is 18.1 Å². The maximum atomic E-state index is 9.79. The van der Waals surface area contributed by atoms with Gasteiger partial charge in [-0.2, -0.15) is 0 Å². The molecule has 1 heterocycles. The Bertz CT molecular complexity index is 558. The lowest BCUT2D eigenvalue weighted by molar-refractivity contribution is 0.0714. The number of hydrogen-bond acceptors (Lipinski definition) is 4. The third kappa shape index (κ3) is 5.20. The first-order valence-corrected chi connectivity index (χ1v) is 8.63. The molecule has 22 heavy (non-hydrogen) atoms. The quantitative estimate of drug-likeness (QED) is 0.837. The summed E-state index contributed by atoms with van der Waals surface area (Å²) in [6, 6.07) is 9.04. The number of nitrogens with zero attached hydrogens (tertiary/aromatic N) is 2. The second-order valence-corrected chi connectivity index (χ2v) is 7.52. The van der Waals surface area contributed by atoms with Gasteiger partial charge in [-0.05, 0) is 51.8 Å². The van der Waals surface area contributed by atoms with Gasteiger partial charge in [0.1, 0.15) is 5.01 Å². The summed E-state index contributed by atoms with van der Waals surface area (Å²) in [5, 5.41) is 13.0. The maximum Gasteiger partial charge on any atom is 0.109 e. The van der Waals surface area contributed by atoms with Crippen molar-refractivity contribution in [1.29, 1.82) is 0 Å². The van der Waals surface area contributed by atoms with Crippen LogP contribution in [0.25, 0.3) is 0 Å². The maximum absolute atomic E-state index is 9.79. The van der Waals surface area contributed by atoms with Crippen molar-refractivity contribution in [3.8, 4) is 0 Å². The highest BCUT2D eigenvalue weighted by Gasteiger charge is 2.15. The van der Waals surface area contributed by atoms with Gasteiger partial charge in [0.25, 0.3) is 0 Å². The molecule has 1 aromatic carbocycles. The lowest BCUT2D eigenvalue weighted by atomic mass is 9.98. The lowest BCUT2D eigenvalue weighted by Gasteiger charge is -2.23. The molecule has 1 aromatic heterocycles. The molecular weight excluding hydrogens is 292 g/mol. The summed E-state index contributed by atoms with van der Waals surface area (Å²) in [7, 11) is 2.13. The van der Waals surface area contributed by atoms with Crippen molar-refractivity contribution >= 4 is 11.3 Å². The highest BCUT2D eigenvalue weighted by atomic mass is 32.1. The molecule has 0 aliphatic carbocycles. The summed E-state index contributed by atoms with van der Waals surface area (Å²) < 4.78 is 0. The van der Waals surface area contributed by atoms with E-state index in [0.717, 1.165) is 24.4 Å². The van der Waals surface area contributed by atoms with Crippen molar-refractivity contribution in [2.75, 3.05) is 7.05 Å². The van der Waals surface area contributed by atoms with Crippen molar-refractivity contribution in [1.82, 2.24) is 9.88 Å². The largest absolute Gasteiger partial charge is 0.390 e. The van der Waals surface area contributed by atoms with Crippen LogP contribution < -0.4 is 0 Å². The van der Waals surface area contributed by atoms with E-state index in [-0.39, 0.29) is 0 Å². The standard InChI is InChI=1S/C18H26N2OS/c1-14(17-19-11-12-22-17)20(4)13-16-7-5-15(6-8-16)9-10-18(2,3)21/h5-8,11-12,14,21H,9-10,13H2,1-4H3/t14-/m0/s1. The Labute approximate surface area is 137 Å². The fraction of sp³-hybridized carbons (Fsp3) is 0.500. The van der Waals surface area contributed by atoms with Crippen molar-refractivity contribution < 1.29 is 5.11 Å². The van der Waals surface area contributed by atoms with Crippen LogP contribution in [0.5, 0.6) is 0 Å². The van der Waals surface area contributed by atoms with Crippen molar-refractivity contribution in [2.24, 2.45) is 0 Å². The minimum Gasteiger partial charge on any atom is -0.390 e. The normalized spacial score (nSPS) is 13.5. The zero-order valence-corrected chi connectivity index (χ0v) is 14.7. The van der Waals surface area contributed by atoms with Gasteiger partial charge in [-0.15, -0.1) is 11.3 Å². The van der Waals surface area contributed by atoms with Gasteiger partial charge in [0.2, 0.25) is 0 Å². The van der Waals surface area contributed by atoms with Gasteiger partial charge < -0.3 is 5.11 Å². The molecule has 0 saturated heterocycles. The molecule has 0 aliphatic rings. The molecule has 0 spiro atoms. The SMILES string of the molecule is C[C@@H](c1nccs1)N(C)Cc1ccc(CCC(C)(C)O)cc1. The van der Waals surface area contributed by atoms with E-state index in [1.165, 1.54) is 11.1 Å². The summed E-state index contributed by atoms with van der Waals surface area (Å²) in [5.74, 6) is 0. The lowest BCUT2D eigenvalue weighted by Crippen LogP contribution is -2.21. The van der Waals surface area contributed by atoms with E-state index in [0.29, 0.717) is 6.04 Å². The smallest absolute Gasteiger partial charge is 0.109 e. The van der Waals surface area contributed by atoms with E-state index < -0.39 is 5.60 Å². The minimum atomic E-state index is -0.595. The molecule has 2 rings (SSSR count). The molecule has 3 nitrogen and oxygen atoms in total. The van der Waals surface area contributed by atoms with Gasteiger partial charge in [-0.25, -0.2) is 4.98 Å². The molecule has 4 heteroatoms. The summed E-state index contributed by atoms with van der Waals surface area (Å²) >= 11 is 1.70. The van der Waals surface area contributed by atoms with E-state index in [1.54, 1.807) is 11.3 Å². The Balaban J connectivity index is 1.90. The van der Waals surface area contributed by atoms with E-state index in [1.807, 2.05) is 25.4 Å². The Morgan fingerprint density at radius 2 is 1.86 bits per heavy atom. The van der Waals surface area contributed by atoms with E-state index in [4.69, 9.17) is 0 Å². The Hall–Kier alpha value is -1.23. The predicted molar refractivity (Wildman–Crippen MR) is 93.1 cm³/mol. The van der Waals surface area contributed by atoms with Crippen molar-refractivity contribution in [3.05, 3.63) is 52.0 Å². The van der Waals surface area contributed by atoms with Gasteiger partial charge >= 0.3 is 0 Å². The molecular formula is C18H26N2OS. The first-order chi connectivity index (χ1) is 10.3. The molecule has 120 valence electrons. The van der Waals surface area contributed by atoms with Crippen LogP contribution in [0, 0.1) is 0 Å². The molecule has 1 atom stereocenters. The summed E-state index contributed by atoms with van der Waals surface area (Å²) in [6.07, 6.45) is 3.56. The first kappa shape index (κ1) is 17.1. The summed E-state index contributed by atoms with van der Waals surface area (Å²) in [6.45, 7) is 6.82. The topological polar surface area (TPSA) is 36.4 Å². The third-order valence-corrected chi connectivity index (χ3v) is 4.90. The number of aliphatic hydroxyl groups is 1. The van der Waals surface area contributed by atoms with E-state index >= 15 is 0 Å². The Kier molecular flexibility index (Phi) is 5.73. The summed E-state index contributed by atoms with van der Waals surface area (Å²) in [5.41, 5.74) is 1.99.